The van der Waals surface area contributed by atoms with Gasteiger partial charge < -0.3 is 5.32 Å². The molecule has 1 aliphatic rings. The van der Waals surface area contributed by atoms with Crippen molar-refractivity contribution in [2.24, 2.45) is 21.7 Å². The number of sulfone groups is 2. The zero-order chi connectivity index (χ0) is 36.1. The molecule has 0 spiro atoms. The van der Waals surface area contributed by atoms with Gasteiger partial charge in [0.2, 0.25) is 5.91 Å². The number of ketones is 3. The van der Waals surface area contributed by atoms with Gasteiger partial charge in [-0.3, -0.25) is 19.2 Å². The monoisotopic (exact) mass is 685 g/mol. The van der Waals surface area contributed by atoms with Crippen LogP contribution in [0.25, 0.3) is 0 Å². The summed E-state index contributed by atoms with van der Waals surface area (Å²) in [5.74, 6) is -1.46. The Morgan fingerprint density at radius 3 is 1.41 bits per heavy atom. The van der Waals surface area contributed by atoms with Crippen molar-refractivity contribution in [3.63, 3.8) is 0 Å². The minimum Gasteiger partial charge on any atom is -0.355 e. The SMILES string of the molecule is CC1=C(C(C)(C)CC(=O)CCCS(=O)(=O)CCC(C)(C)C)C(=O)C(C)=C(C(C)(C)CC(=O)NCCS(=O)(=O)CCC(C)(C)C)C1=O. The number of hydrogen-bond donors (Lipinski definition) is 1. The van der Waals surface area contributed by atoms with E-state index in [4.69, 9.17) is 0 Å². The van der Waals surface area contributed by atoms with Crippen LogP contribution in [0.2, 0.25) is 0 Å². The summed E-state index contributed by atoms with van der Waals surface area (Å²) in [7, 11) is -6.61. The molecular weight excluding hydrogens is 627 g/mol. The molecular formula is C35H59NO8S2. The second kappa shape index (κ2) is 15.4. The Hall–Kier alpha value is -2.14. The van der Waals surface area contributed by atoms with E-state index in [0.717, 1.165) is 0 Å². The number of carbonyl (C=O) groups is 4. The highest BCUT2D eigenvalue weighted by Gasteiger charge is 2.43. The first-order chi connectivity index (χ1) is 20.5. The predicted octanol–water partition coefficient (Wildman–Crippen LogP) is 5.77. The quantitative estimate of drug-likeness (QED) is 0.190. The number of allylic oxidation sites excluding steroid dienone is 4. The summed E-state index contributed by atoms with van der Waals surface area (Å²) in [5.41, 5.74) is -1.27. The standard InChI is InChI=1S/C35H59NO8S2/c1-24-28(34(9,10)22-26(37)14-13-18-45(41,42)19-15-32(3,4)5)30(39)25(2)29(31(24)40)35(11,12)23-27(38)36-17-21-46(43,44)20-16-33(6,7)8/h13-23H2,1-12H3,(H,36,38). The van der Waals surface area contributed by atoms with E-state index in [0.29, 0.717) is 12.8 Å². The fourth-order valence-corrected chi connectivity index (χ4v) is 9.01. The molecule has 0 atom stereocenters. The Kier molecular flexibility index (Phi) is 14.0. The average molecular weight is 686 g/mol. The lowest BCUT2D eigenvalue weighted by atomic mass is 9.65. The first-order valence-electron chi connectivity index (χ1n) is 16.2. The second-order valence-electron chi connectivity index (χ2n) is 16.7. The smallest absolute Gasteiger partial charge is 0.220 e. The fraction of sp³-hybridized carbons (Fsp3) is 0.771. The van der Waals surface area contributed by atoms with Crippen LogP contribution < -0.4 is 5.32 Å². The minimum absolute atomic E-state index is 0.0200. The van der Waals surface area contributed by atoms with Crippen LogP contribution in [0.5, 0.6) is 0 Å². The number of rotatable bonds is 17. The summed E-state index contributed by atoms with van der Waals surface area (Å²) >= 11 is 0. The van der Waals surface area contributed by atoms with E-state index < -0.39 is 36.4 Å². The van der Waals surface area contributed by atoms with Gasteiger partial charge in [0, 0.05) is 58.9 Å². The van der Waals surface area contributed by atoms with Crippen LogP contribution in [0.3, 0.4) is 0 Å². The largest absolute Gasteiger partial charge is 0.355 e. The van der Waals surface area contributed by atoms with Crippen LogP contribution in [0, 0.1) is 21.7 Å². The minimum atomic E-state index is -3.33. The molecule has 1 N–H and O–H groups in total. The molecule has 0 radical (unpaired) electrons. The van der Waals surface area contributed by atoms with Gasteiger partial charge in [-0.05, 0) is 43.9 Å². The Labute approximate surface area is 278 Å². The molecule has 0 saturated heterocycles. The maximum atomic E-state index is 13.7. The maximum Gasteiger partial charge on any atom is 0.220 e. The third kappa shape index (κ3) is 13.5. The van der Waals surface area contributed by atoms with E-state index in [1.54, 1.807) is 41.5 Å². The first-order valence-corrected chi connectivity index (χ1v) is 19.9. The van der Waals surface area contributed by atoms with Crippen molar-refractivity contribution in [3.05, 3.63) is 22.3 Å². The van der Waals surface area contributed by atoms with Gasteiger partial charge in [-0.2, -0.15) is 0 Å². The van der Waals surface area contributed by atoms with Gasteiger partial charge in [0.05, 0.1) is 23.0 Å². The van der Waals surface area contributed by atoms with Crippen LogP contribution >= 0.6 is 0 Å². The third-order valence-corrected chi connectivity index (χ3v) is 11.8. The summed E-state index contributed by atoms with van der Waals surface area (Å²) in [6.45, 7) is 21.8. The molecule has 11 heteroatoms. The van der Waals surface area contributed by atoms with Gasteiger partial charge in [0.25, 0.3) is 0 Å². The molecule has 1 rings (SSSR count). The summed E-state index contributed by atoms with van der Waals surface area (Å²) in [6.07, 6.45) is 1.18. The number of carbonyl (C=O) groups excluding carboxylic acids is 4. The summed E-state index contributed by atoms with van der Waals surface area (Å²) < 4.78 is 49.6. The molecule has 0 aromatic carbocycles. The third-order valence-electron chi connectivity index (χ3n) is 8.45. The maximum absolute atomic E-state index is 13.7. The Morgan fingerprint density at radius 2 is 1.00 bits per heavy atom. The van der Waals surface area contributed by atoms with Gasteiger partial charge in [-0.1, -0.05) is 69.2 Å². The molecule has 0 unspecified atom stereocenters. The predicted molar refractivity (Wildman–Crippen MR) is 185 cm³/mol. The van der Waals surface area contributed by atoms with Crippen LogP contribution in [0.1, 0.15) is 122 Å². The van der Waals surface area contributed by atoms with Gasteiger partial charge in [-0.15, -0.1) is 0 Å². The van der Waals surface area contributed by atoms with Crippen LogP contribution in [0.4, 0.5) is 0 Å². The van der Waals surface area contributed by atoms with Gasteiger partial charge in [0.15, 0.2) is 21.4 Å². The van der Waals surface area contributed by atoms with E-state index in [-0.39, 0.29) is 106 Å². The van der Waals surface area contributed by atoms with Crippen molar-refractivity contribution in [3.8, 4) is 0 Å². The molecule has 0 saturated carbocycles. The zero-order valence-corrected chi connectivity index (χ0v) is 32.0. The highest BCUT2D eigenvalue weighted by atomic mass is 32.2. The number of nitrogens with one attached hydrogen (secondary N) is 1. The lowest BCUT2D eigenvalue weighted by Crippen LogP contribution is -2.38. The number of hydrogen-bond acceptors (Lipinski definition) is 8. The first kappa shape index (κ1) is 41.9. The topological polar surface area (TPSA) is 149 Å². The van der Waals surface area contributed by atoms with Crippen LogP contribution in [0.15, 0.2) is 22.3 Å². The van der Waals surface area contributed by atoms with E-state index in [2.05, 4.69) is 5.32 Å². The highest BCUT2D eigenvalue weighted by Crippen LogP contribution is 2.44. The Bertz CT molecular complexity index is 1350. The lowest BCUT2D eigenvalue weighted by Gasteiger charge is -2.36. The normalized spacial score (nSPS) is 15.9. The summed E-state index contributed by atoms with van der Waals surface area (Å²) in [4.78, 5) is 53.3. The van der Waals surface area contributed by atoms with Crippen LogP contribution in [-0.4, -0.2) is 69.6 Å². The Balaban J connectivity index is 2.94. The molecule has 0 aliphatic heterocycles. The highest BCUT2D eigenvalue weighted by molar-refractivity contribution is 7.91. The Morgan fingerprint density at radius 1 is 0.609 bits per heavy atom. The van der Waals surface area contributed by atoms with Crippen molar-refractivity contribution in [1.29, 1.82) is 0 Å². The second-order valence-corrected chi connectivity index (χ2v) is 21.3. The van der Waals surface area contributed by atoms with Crippen LogP contribution in [-0.2, 0) is 38.9 Å². The van der Waals surface area contributed by atoms with Gasteiger partial charge in [-0.25, -0.2) is 16.8 Å². The van der Waals surface area contributed by atoms with Crippen molar-refractivity contribution < 1.29 is 36.0 Å². The van der Waals surface area contributed by atoms with E-state index >= 15 is 0 Å². The molecule has 1 aliphatic carbocycles. The van der Waals surface area contributed by atoms with Gasteiger partial charge in [0.1, 0.15) is 15.6 Å². The number of Topliss-reactive ketones (excluding diaryl/α,β-unsaturated/α-hetero) is 3. The van der Waals surface area contributed by atoms with Crippen molar-refractivity contribution in [2.75, 3.05) is 29.6 Å². The molecule has 46 heavy (non-hydrogen) atoms. The van der Waals surface area contributed by atoms with E-state index in [9.17, 15) is 36.0 Å². The van der Waals surface area contributed by atoms with Crippen molar-refractivity contribution >= 4 is 42.9 Å². The van der Waals surface area contributed by atoms with Crippen molar-refractivity contribution in [2.45, 2.75) is 122 Å². The molecule has 1 amide bonds. The van der Waals surface area contributed by atoms with Crippen molar-refractivity contribution in [1.82, 2.24) is 5.32 Å². The van der Waals surface area contributed by atoms with Gasteiger partial charge >= 0.3 is 0 Å². The molecule has 264 valence electrons. The zero-order valence-electron chi connectivity index (χ0n) is 30.4. The molecule has 0 fully saturated rings. The molecule has 0 bridgehead atoms. The summed E-state index contributed by atoms with van der Waals surface area (Å²) in [5, 5.41) is 2.65. The van der Waals surface area contributed by atoms with E-state index in [1.165, 1.54) is 0 Å². The molecule has 0 heterocycles. The molecule has 0 aromatic heterocycles. The lowest BCUT2D eigenvalue weighted by molar-refractivity contribution is -0.124. The summed E-state index contributed by atoms with van der Waals surface area (Å²) in [6, 6.07) is 0. The molecule has 0 aromatic rings. The molecule has 9 nitrogen and oxygen atoms in total. The average Bonchev–Trinajstić information content (AvgIpc) is 2.83. The van der Waals surface area contributed by atoms with E-state index in [1.807, 2.05) is 41.5 Å². The number of amides is 1. The fourth-order valence-electron chi connectivity index (χ4n) is 5.76.